The number of nitrogens with zero attached hydrogens (tertiary/aromatic N) is 3. The summed E-state index contributed by atoms with van der Waals surface area (Å²) in [6.07, 6.45) is 1.15. The Labute approximate surface area is 114 Å². The highest BCUT2D eigenvalue weighted by molar-refractivity contribution is 5.54. The molecule has 106 valence electrons. The Balaban J connectivity index is 1.99. The summed E-state index contributed by atoms with van der Waals surface area (Å²) in [7, 11) is 1.98. The fraction of sp³-hybridized carbons (Fsp3) is 0.692. The van der Waals surface area contributed by atoms with E-state index in [2.05, 4.69) is 39.3 Å². The van der Waals surface area contributed by atoms with Crippen LogP contribution in [0.1, 0.15) is 20.3 Å². The molecule has 6 heteroatoms. The molecule has 1 saturated heterocycles. The number of hydrogen-bond acceptors (Lipinski definition) is 6. The van der Waals surface area contributed by atoms with Gasteiger partial charge in [-0.25, -0.2) is 0 Å². The number of nitrogen functional groups attached to an aromatic ring is 1. The van der Waals surface area contributed by atoms with Crippen LogP contribution in [-0.4, -0.2) is 42.7 Å². The summed E-state index contributed by atoms with van der Waals surface area (Å²) in [5.41, 5.74) is 5.78. The lowest BCUT2D eigenvalue weighted by atomic mass is 10.1. The SMILES string of the molecule is CCC(C)CNc1cc(N2CC(NC)C2)nc(N)n1. The molecule has 0 saturated carbocycles. The smallest absolute Gasteiger partial charge is 0.223 e. The van der Waals surface area contributed by atoms with E-state index in [1.165, 1.54) is 0 Å². The van der Waals surface area contributed by atoms with Crippen molar-refractivity contribution in [2.75, 3.05) is 42.6 Å². The molecule has 1 unspecified atom stereocenters. The highest BCUT2D eigenvalue weighted by Gasteiger charge is 2.26. The third-order valence-electron chi connectivity index (χ3n) is 3.67. The van der Waals surface area contributed by atoms with Crippen LogP contribution in [-0.2, 0) is 0 Å². The van der Waals surface area contributed by atoms with Crippen molar-refractivity contribution in [1.82, 2.24) is 15.3 Å². The number of anilines is 3. The second kappa shape index (κ2) is 6.06. The predicted molar refractivity (Wildman–Crippen MR) is 79.4 cm³/mol. The van der Waals surface area contributed by atoms with Gasteiger partial charge < -0.3 is 21.3 Å². The lowest BCUT2D eigenvalue weighted by Crippen LogP contribution is -2.57. The summed E-state index contributed by atoms with van der Waals surface area (Å²) >= 11 is 0. The van der Waals surface area contributed by atoms with Gasteiger partial charge in [-0.2, -0.15) is 9.97 Å². The second-order valence-electron chi connectivity index (χ2n) is 5.25. The molecule has 0 bridgehead atoms. The quantitative estimate of drug-likeness (QED) is 0.709. The van der Waals surface area contributed by atoms with Crippen LogP contribution in [0.4, 0.5) is 17.6 Å². The maximum Gasteiger partial charge on any atom is 0.223 e. The first kappa shape index (κ1) is 13.9. The van der Waals surface area contributed by atoms with Gasteiger partial charge in [0, 0.05) is 31.7 Å². The average Bonchev–Trinajstić information content (AvgIpc) is 2.34. The van der Waals surface area contributed by atoms with E-state index in [1.807, 2.05) is 13.1 Å². The molecule has 2 rings (SSSR count). The molecule has 0 spiro atoms. The third-order valence-corrected chi connectivity index (χ3v) is 3.67. The molecule has 0 aliphatic carbocycles. The molecule has 0 aromatic carbocycles. The van der Waals surface area contributed by atoms with E-state index < -0.39 is 0 Å². The van der Waals surface area contributed by atoms with Crippen molar-refractivity contribution in [3.63, 3.8) is 0 Å². The summed E-state index contributed by atoms with van der Waals surface area (Å²) in [5, 5.41) is 6.58. The van der Waals surface area contributed by atoms with Gasteiger partial charge in [0.1, 0.15) is 11.6 Å². The Morgan fingerprint density at radius 2 is 2.21 bits per heavy atom. The summed E-state index contributed by atoms with van der Waals surface area (Å²) in [4.78, 5) is 10.7. The van der Waals surface area contributed by atoms with Crippen LogP contribution in [0.5, 0.6) is 0 Å². The molecule has 0 amide bonds. The summed E-state index contributed by atoms with van der Waals surface area (Å²) in [5.74, 6) is 2.68. The zero-order valence-electron chi connectivity index (χ0n) is 12.0. The average molecular weight is 264 g/mol. The number of hydrogen-bond donors (Lipinski definition) is 3. The Bertz CT molecular complexity index is 416. The Hall–Kier alpha value is -1.56. The number of rotatable bonds is 6. The molecule has 1 aliphatic heterocycles. The van der Waals surface area contributed by atoms with Crippen LogP contribution in [0, 0.1) is 5.92 Å². The molecular weight excluding hydrogens is 240 g/mol. The summed E-state index contributed by atoms with van der Waals surface area (Å²) < 4.78 is 0. The molecular formula is C13H24N6. The lowest BCUT2D eigenvalue weighted by Gasteiger charge is -2.40. The maximum absolute atomic E-state index is 5.78. The van der Waals surface area contributed by atoms with Crippen molar-refractivity contribution in [2.45, 2.75) is 26.3 Å². The largest absolute Gasteiger partial charge is 0.370 e. The molecule has 19 heavy (non-hydrogen) atoms. The van der Waals surface area contributed by atoms with Crippen molar-refractivity contribution in [3.05, 3.63) is 6.07 Å². The third kappa shape index (κ3) is 3.47. The first-order valence-corrected chi connectivity index (χ1v) is 6.93. The van der Waals surface area contributed by atoms with Crippen LogP contribution >= 0.6 is 0 Å². The van der Waals surface area contributed by atoms with E-state index in [0.717, 1.165) is 37.7 Å². The summed E-state index contributed by atoms with van der Waals surface area (Å²) in [6, 6.07) is 2.53. The molecule has 1 atom stereocenters. The zero-order chi connectivity index (χ0) is 13.8. The van der Waals surface area contributed by atoms with Crippen molar-refractivity contribution in [2.24, 2.45) is 5.92 Å². The molecule has 6 nitrogen and oxygen atoms in total. The van der Waals surface area contributed by atoms with Crippen LogP contribution in [0.15, 0.2) is 6.07 Å². The van der Waals surface area contributed by atoms with Gasteiger partial charge in [0.25, 0.3) is 0 Å². The Morgan fingerprint density at radius 1 is 1.47 bits per heavy atom. The molecule has 2 heterocycles. The topological polar surface area (TPSA) is 79.1 Å². The van der Waals surface area contributed by atoms with Crippen LogP contribution in [0.3, 0.4) is 0 Å². The predicted octanol–water partition coefficient (Wildman–Crippen LogP) is 0.925. The maximum atomic E-state index is 5.78. The van der Waals surface area contributed by atoms with Crippen molar-refractivity contribution in [3.8, 4) is 0 Å². The lowest BCUT2D eigenvalue weighted by molar-refractivity contribution is 0.447. The van der Waals surface area contributed by atoms with Crippen LogP contribution in [0.25, 0.3) is 0 Å². The number of nitrogens with two attached hydrogens (primary N) is 1. The number of aromatic nitrogens is 2. The monoisotopic (exact) mass is 264 g/mol. The number of nitrogens with one attached hydrogen (secondary N) is 2. The highest BCUT2D eigenvalue weighted by atomic mass is 15.3. The normalized spacial score (nSPS) is 17.1. The fourth-order valence-electron chi connectivity index (χ4n) is 1.98. The van der Waals surface area contributed by atoms with E-state index in [9.17, 15) is 0 Å². The molecule has 0 radical (unpaired) electrons. The first-order chi connectivity index (χ1) is 9.12. The van der Waals surface area contributed by atoms with Crippen molar-refractivity contribution in [1.29, 1.82) is 0 Å². The van der Waals surface area contributed by atoms with E-state index in [1.54, 1.807) is 0 Å². The Kier molecular flexibility index (Phi) is 4.42. The van der Waals surface area contributed by atoms with Gasteiger partial charge in [0.15, 0.2) is 0 Å². The highest BCUT2D eigenvalue weighted by Crippen LogP contribution is 2.22. The van der Waals surface area contributed by atoms with Gasteiger partial charge in [0.05, 0.1) is 0 Å². The van der Waals surface area contributed by atoms with E-state index in [-0.39, 0.29) is 0 Å². The van der Waals surface area contributed by atoms with Crippen LogP contribution in [0.2, 0.25) is 0 Å². The molecule has 1 aromatic heterocycles. The minimum Gasteiger partial charge on any atom is -0.370 e. The van der Waals surface area contributed by atoms with Gasteiger partial charge in [-0.05, 0) is 13.0 Å². The van der Waals surface area contributed by atoms with Gasteiger partial charge in [-0.3, -0.25) is 0 Å². The Morgan fingerprint density at radius 3 is 2.84 bits per heavy atom. The molecule has 1 aliphatic rings. The van der Waals surface area contributed by atoms with Gasteiger partial charge in [0.2, 0.25) is 5.95 Å². The van der Waals surface area contributed by atoms with E-state index in [4.69, 9.17) is 5.73 Å². The fourth-order valence-corrected chi connectivity index (χ4v) is 1.98. The molecule has 1 aromatic rings. The summed E-state index contributed by atoms with van der Waals surface area (Å²) in [6.45, 7) is 7.25. The van der Waals surface area contributed by atoms with Gasteiger partial charge in [-0.1, -0.05) is 20.3 Å². The van der Waals surface area contributed by atoms with Gasteiger partial charge in [-0.15, -0.1) is 0 Å². The standard InChI is InChI=1S/C13H24N6/c1-4-9(2)6-16-11-5-12(18-13(14)17-11)19-7-10(8-19)15-3/h5,9-10,15H,4,6-8H2,1-3H3,(H3,14,16,17,18). The van der Waals surface area contributed by atoms with Gasteiger partial charge >= 0.3 is 0 Å². The van der Waals surface area contributed by atoms with E-state index >= 15 is 0 Å². The minimum atomic E-state index is 0.331. The zero-order valence-corrected chi connectivity index (χ0v) is 12.0. The second-order valence-corrected chi connectivity index (χ2v) is 5.25. The molecule has 4 N–H and O–H groups in total. The number of likely N-dealkylation sites (N-methyl/N-ethyl adjacent to an activating group) is 1. The first-order valence-electron chi connectivity index (χ1n) is 6.93. The molecule has 1 fully saturated rings. The van der Waals surface area contributed by atoms with E-state index in [0.29, 0.717) is 17.9 Å². The van der Waals surface area contributed by atoms with Crippen LogP contribution < -0.4 is 21.3 Å². The van der Waals surface area contributed by atoms with Crippen molar-refractivity contribution >= 4 is 17.6 Å². The minimum absolute atomic E-state index is 0.331. The van der Waals surface area contributed by atoms with Crippen molar-refractivity contribution < 1.29 is 0 Å².